The van der Waals surface area contributed by atoms with Gasteiger partial charge in [-0.05, 0) is 18.2 Å². The molecule has 0 fully saturated rings. The van der Waals surface area contributed by atoms with E-state index in [1.165, 1.54) is 0 Å². The number of nitrogens with one attached hydrogen (secondary N) is 3. The number of imidazole rings is 1. The highest BCUT2D eigenvalue weighted by Gasteiger charge is 2.13. The van der Waals surface area contributed by atoms with Crippen molar-refractivity contribution in [1.29, 1.82) is 0 Å². The Labute approximate surface area is 155 Å². The van der Waals surface area contributed by atoms with Crippen molar-refractivity contribution < 1.29 is 9.59 Å². The third-order valence-electron chi connectivity index (χ3n) is 3.74. The fourth-order valence-electron chi connectivity index (χ4n) is 2.49. The first-order valence-corrected chi connectivity index (χ1v) is 8.44. The predicted octanol–water partition coefficient (Wildman–Crippen LogP) is 2.89. The van der Waals surface area contributed by atoms with Gasteiger partial charge in [-0.1, -0.05) is 41.9 Å². The van der Waals surface area contributed by atoms with Crippen LogP contribution in [-0.2, 0) is 0 Å². The van der Waals surface area contributed by atoms with Gasteiger partial charge in [0.1, 0.15) is 5.82 Å². The molecule has 0 aliphatic rings. The van der Waals surface area contributed by atoms with Gasteiger partial charge in [-0.3, -0.25) is 9.59 Å². The van der Waals surface area contributed by atoms with Crippen molar-refractivity contribution in [2.45, 2.75) is 0 Å². The molecule has 2 amide bonds. The number of nitrogens with zero attached hydrogens (tertiary/aromatic N) is 1. The first kappa shape index (κ1) is 17.7. The predicted molar refractivity (Wildman–Crippen MR) is 100 cm³/mol. The molecule has 0 atom stereocenters. The molecule has 0 bridgehead atoms. The van der Waals surface area contributed by atoms with E-state index < -0.39 is 0 Å². The number of H-pyrrole nitrogens is 1. The highest BCUT2D eigenvalue weighted by Crippen LogP contribution is 2.19. The highest BCUT2D eigenvalue weighted by atomic mass is 35.5. The second-order valence-electron chi connectivity index (χ2n) is 5.48. The lowest BCUT2D eigenvalue weighted by atomic mass is 10.1. The Balaban J connectivity index is 1.56. The van der Waals surface area contributed by atoms with Gasteiger partial charge in [0.25, 0.3) is 11.8 Å². The zero-order valence-corrected chi connectivity index (χ0v) is 14.6. The Hall–Kier alpha value is -3.12. The first-order valence-electron chi connectivity index (χ1n) is 8.06. The molecule has 0 radical (unpaired) electrons. The van der Waals surface area contributed by atoms with Crippen LogP contribution in [0.4, 0.5) is 0 Å². The fraction of sp³-hybridized carbons (Fsp3) is 0.105. The molecule has 132 valence electrons. The third kappa shape index (κ3) is 4.10. The van der Waals surface area contributed by atoms with Crippen LogP contribution in [0.5, 0.6) is 0 Å². The van der Waals surface area contributed by atoms with Crippen molar-refractivity contribution in [3.8, 4) is 11.4 Å². The van der Waals surface area contributed by atoms with Crippen molar-refractivity contribution in [2.75, 3.05) is 13.1 Å². The molecule has 1 aromatic heterocycles. The topological polar surface area (TPSA) is 86.9 Å². The Morgan fingerprint density at radius 3 is 2.19 bits per heavy atom. The molecule has 0 saturated carbocycles. The number of carbonyl (C=O) groups is 2. The maximum atomic E-state index is 12.4. The zero-order valence-electron chi connectivity index (χ0n) is 13.8. The van der Waals surface area contributed by atoms with Crippen molar-refractivity contribution >= 4 is 23.4 Å². The smallest absolute Gasteiger partial charge is 0.252 e. The van der Waals surface area contributed by atoms with Gasteiger partial charge in [0.05, 0.1) is 16.1 Å². The summed E-state index contributed by atoms with van der Waals surface area (Å²) in [4.78, 5) is 31.7. The SMILES string of the molecule is O=C(NCCNC(=O)c1ccccc1-c1ncc[nH]1)c1ccccc1Cl. The normalized spacial score (nSPS) is 10.3. The molecule has 1 heterocycles. The van der Waals surface area contributed by atoms with E-state index in [0.717, 1.165) is 5.56 Å². The first-order chi connectivity index (χ1) is 12.7. The van der Waals surface area contributed by atoms with Crippen LogP contribution < -0.4 is 10.6 Å². The van der Waals surface area contributed by atoms with E-state index in [1.807, 2.05) is 12.1 Å². The van der Waals surface area contributed by atoms with Crippen LogP contribution in [0.3, 0.4) is 0 Å². The van der Waals surface area contributed by atoms with Crippen LogP contribution in [0.2, 0.25) is 5.02 Å². The number of aromatic nitrogens is 2. The number of hydrogen-bond donors (Lipinski definition) is 3. The van der Waals surface area contributed by atoms with Gasteiger partial charge in [0, 0.05) is 31.0 Å². The summed E-state index contributed by atoms with van der Waals surface area (Å²) in [6, 6.07) is 14.0. The van der Waals surface area contributed by atoms with Gasteiger partial charge >= 0.3 is 0 Å². The molecular weight excluding hydrogens is 352 g/mol. The number of halogens is 1. The van der Waals surface area contributed by atoms with E-state index in [4.69, 9.17) is 11.6 Å². The summed E-state index contributed by atoms with van der Waals surface area (Å²) in [6.07, 6.45) is 3.34. The molecule has 0 aliphatic carbocycles. The van der Waals surface area contributed by atoms with Crippen LogP contribution in [0, 0.1) is 0 Å². The average molecular weight is 369 g/mol. The van der Waals surface area contributed by atoms with Crippen LogP contribution in [0.15, 0.2) is 60.9 Å². The quantitative estimate of drug-likeness (QED) is 0.585. The van der Waals surface area contributed by atoms with Crippen LogP contribution >= 0.6 is 11.6 Å². The molecule has 0 unspecified atom stereocenters. The fourth-order valence-corrected chi connectivity index (χ4v) is 2.71. The summed E-state index contributed by atoms with van der Waals surface area (Å²) >= 11 is 5.99. The zero-order chi connectivity index (χ0) is 18.4. The highest BCUT2D eigenvalue weighted by molar-refractivity contribution is 6.33. The molecule has 3 rings (SSSR count). The minimum Gasteiger partial charge on any atom is -0.350 e. The molecule has 0 spiro atoms. The van der Waals surface area contributed by atoms with Crippen molar-refractivity contribution in [2.24, 2.45) is 0 Å². The number of hydrogen-bond acceptors (Lipinski definition) is 3. The van der Waals surface area contributed by atoms with E-state index in [1.54, 1.807) is 48.8 Å². The summed E-state index contributed by atoms with van der Waals surface area (Å²) in [5.41, 5.74) is 1.64. The summed E-state index contributed by atoms with van der Waals surface area (Å²) in [5.74, 6) is 0.118. The Bertz CT molecular complexity index is 909. The molecule has 3 aromatic rings. The number of aromatic amines is 1. The van der Waals surface area contributed by atoms with Crippen LogP contribution in [-0.4, -0.2) is 34.9 Å². The lowest BCUT2D eigenvalue weighted by Gasteiger charge is -2.10. The van der Waals surface area contributed by atoms with Crippen molar-refractivity contribution in [3.05, 3.63) is 77.1 Å². The monoisotopic (exact) mass is 368 g/mol. The summed E-state index contributed by atoms with van der Waals surface area (Å²) in [6.45, 7) is 0.584. The van der Waals surface area contributed by atoms with Gasteiger partial charge in [-0.2, -0.15) is 0 Å². The summed E-state index contributed by atoms with van der Waals surface area (Å²) in [7, 11) is 0. The van der Waals surface area contributed by atoms with E-state index >= 15 is 0 Å². The van der Waals surface area contributed by atoms with Gasteiger partial charge in [0.15, 0.2) is 0 Å². The summed E-state index contributed by atoms with van der Waals surface area (Å²) < 4.78 is 0. The molecule has 2 aromatic carbocycles. The number of carbonyl (C=O) groups excluding carboxylic acids is 2. The minimum absolute atomic E-state index is 0.232. The van der Waals surface area contributed by atoms with Crippen molar-refractivity contribution in [3.63, 3.8) is 0 Å². The van der Waals surface area contributed by atoms with Gasteiger partial charge in [0.2, 0.25) is 0 Å². The number of benzene rings is 2. The Kier molecular flexibility index (Phi) is 5.66. The van der Waals surface area contributed by atoms with Gasteiger partial charge in [-0.25, -0.2) is 4.98 Å². The van der Waals surface area contributed by atoms with Crippen LogP contribution in [0.25, 0.3) is 11.4 Å². The molecule has 0 saturated heterocycles. The second kappa shape index (κ2) is 8.31. The van der Waals surface area contributed by atoms with E-state index in [0.29, 0.717) is 35.1 Å². The standard InChI is InChI=1S/C19H17ClN4O2/c20-16-8-4-3-7-15(16)19(26)24-12-11-23-18(25)14-6-2-1-5-13(14)17-21-9-10-22-17/h1-10H,11-12H2,(H,21,22)(H,23,25)(H,24,26). The lowest BCUT2D eigenvalue weighted by Crippen LogP contribution is -2.35. The van der Waals surface area contributed by atoms with E-state index in [2.05, 4.69) is 20.6 Å². The maximum absolute atomic E-state index is 12.4. The van der Waals surface area contributed by atoms with E-state index in [9.17, 15) is 9.59 Å². The minimum atomic E-state index is -0.277. The summed E-state index contributed by atoms with van der Waals surface area (Å²) in [5, 5.41) is 5.92. The Morgan fingerprint density at radius 1 is 0.923 bits per heavy atom. The number of amides is 2. The Morgan fingerprint density at radius 2 is 1.54 bits per heavy atom. The van der Waals surface area contributed by atoms with Crippen molar-refractivity contribution in [1.82, 2.24) is 20.6 Å². The molecule has 0 aliphatic heterocycles. The molecule has 6 nitrogen and oxygen atoms in total. The number of rotatable bonds is 6. The van der Waals surface area contributed by atoms with Gasteiger partial charge < -0.3 is 15.6 Å². The van der Waals surface area contributed by atoms with Gasteiger partial charge in [-0.15, -0.1) is 0 Å². The third-order valence-corrected chi connectivity index (χ3v) is 4.07. The maximum Gasteiger partial charge on any atom is 0.252 e. The lowest BCUT2D eigenvalue weighted by molar-refractivity contribution is 0.0928. The van der Waals surface area contributed by atoms with E-state index in [-0.39, 0.29) is 11.8 Å². The second-order valence-corrected chi connectivity index (χ2v) is 5.88. The largest absolute Gasteiger partial charge is 0.350 e. The van der Waals surface area contributed by atoms with Crippen LogP contribution in [0.1, 0.15) is 20.7 Å². The molecule has 7 heteroatoms. The average Bonchev–Trinajstić information content (AvgIpc) is 3.20. The molecule has 26 heavy (non-hydrogen) atoms. The molecule has 3 N–H and O–H groups in total. The molecular formula is C19H17ClN4O2.